The molecule has 0 aliphatic carbocycles. The van der Waals surface area contributed by atoms with Crippen molar-refractivity contribution in [2.24, 2.45) is 4.99 Å². The van der Waals surface area contributed by atoms with E-state index in [1.54, 1.807) is 11.3 Å². The molecule has 3 rings (SSSR count). The van der Waals surface area contributed by atoms with E-state index in [9.17, 15) is 0 Å². The number of nitrogens with one attached hydrogen (secondary N) is 2. The maximum absolute atomic E-state index is 4.77. The van der Waals surface area contributed by atoms with E-state index in [2.05, 4.69) is 72.9 Å². The molecule has 0 spiro atoms. The molecule has 7 heteroatoms. The number of hydrogen-bond acceptors (Lipinski definition) is 4. The second kappa shape index (κ2) is 12.6. The molecule has 166 valence electrons. The number of benzene rings is 1. The van der Waals surface area contributed by atoms with Gasteiger partial charge in [-0.25, -0.2) is 9.98 Å². The fraction of sp³-hybridized carbons (Fsp3) is 0.565. The Kier molecular flexibility index (Phi) is 10.5. The highest BCUT2D eigenvalue weighted by molar-refractivity contribution is 14.0. The van der Waals surface area contributed by atoms with Crippen LogP contribution in [-0.2, 0) is 13.1 Å². The summed E-state index contributed by atoms with van der Waals surface area (Å²) in [6, 6.07) is 9.19. The second-order valence-electron chi connectivity index (χ2n) is 8.15. The third-order valence-electron chi connectivity index (χ3n) is 5.39. The third kappa shape index (κ3) is 7.50. The number of nitrogens with zero attached hydrogens (tertiary/aromatic N) is 3. The molecule has 2 N–H and O–H groups in total. The first kappa shape index (κ1) is 25.1. The number of aryl methyl sites for hydroxylation is 1. The first-order valence-corrected chi connectivity index (χ1v) is 11.7. The summed E-state index contributed by atoms with van der Waals surface area (Å²) in [5, 5.41) is 10.3. The number of thiazole rings is 1. The minimum atomic E-state index is 0. The number of aliphatic imine (C=N–C) groups is 1. The van der Waals surface area contributed by atoms with E-state index < -0.39 is 0 Å². The molecule has 0 amide bonds. The van der Waals surface area contributed by atoms with Crippen molar-refractivity contribution < 1.29 is 0 Å². The fourth-order valence-electron chi connectivity index (χ4n) is 3.60. The van der Waals surface area contributed by atoms with Gasteiger partial charge in [0.1, 0.15) is 0 Å². The summed E-state index contributed by atoms with van der Waals surface area (Å²) in [7, 11) is 0. The molecule has 0 saturated carbocycles. The predicted molar refractivity (Wildman–Crippen MR) is 139 cm³/mol. The van der Waals surface area contributed by atoms with Crippen molar-refractivity contribution in [1.29, 1.82) is 0 Å². The minimum absolute atomic E-state index is 0. The Balaban J connectivity index is 0.00000320. The highest BCUT2D eigenvalue weighted by Crippen LogP contribution is 2.19. The number of rotatable bonds is 7. The van der Waals surface area contributed by atoms with Crippen LogP contribution in [0.1, 0.15) is 61.4 Å². The first-order chi connectivity index (χ1) is 14.0. The molecule has 1 aromatic carbocycles. The van der Waals surface area contributed by atoms with Crippen LogP contribution < -0.4 is 10.6 Å². The number of piperidine rings is 1. The van der Waals surface area contributed by atoms with Crippen LogP contribution in [-0.4, -0.2) is 41.5 Å². The van der Waals surface area contributed by atoms with E-state index >= 15 is 0 Å². The van der Waals surface area contributed by atoms with Gasteiger partial charge in [0.25, 0.3) is 0 Å². The summed E-state index contributed by atoms with van der Waals surface area (Å²) in [6.45, 7) is 13.5. The van der Waals surface area contributed by atoms with Gasteiger partial charge in [-0.15, -0.1) is 35.3 Å². The fourth-order valence-corrected chi connectivity index (χ4v) is 4.42. The number of guanidine groups is 1. The highest BCUT2D eigenvalue weighted by atomic mass is 127. The van der Waals surface area contributed by atoms with Gasteiger partial charge in [0.15, 0.2) is 5.96 Å². The standard InChI is InChI=1S/C23H35N5S.HI/c1-5-24-23(25-14-21-16-29-22(26-21)17(2)3)27-20-10-12-28(13-11-20)15-19-9-7-6-8-18(19)4;/h6-9,16-17,20H,5,10-15H2,1-4H3,(H2,24,25,27);1H. The molecule has 1 aromatic heterocycles. The van der Waals surface area contributed by atoms with Crippen molar-refractivity contribution in [2.45, 2.75) is 65.6 Å². The van der Waals surface area contributed by atoms with Crippen LogP contribution in [0.25, 0.3) is 0 Å². The molecule has 0 bridgehead atoms. The smallest absolute Gasteiger partial charge is 0.191 e. The summed E-state index contributed by atoms with van der Waals surface area (Å²) >= 11 is 1.73. The van der Waals surface area contributed by atoms with E-state index in [0.717, 1.165) is 50.7 Å². The van der Waals surface area contributed by atoms with Crippen molar-refractivity contribution in [3.8, 4) is 0 Å². The number of likely N-dealkylation sites (tertiary alicyclic amines) is 1. The van der Waals surface area contributed by atoms with Crippen molar-refractivity contribution >= 4 is 41.3 Å². The lowest BCUT2D eigenvalue weighted by Gasteiger charge is -2.33. The predicted octanol–water partition coefficient (Wildman–Crippen LogP) is 4.91. The van der Waals surface area contributed by atoms with Gasteiger partial charge in [0.2, 0.25) is 0 Å². The summed E-state index contributed by atoms with van der Waals surface area (Å²) in [6.07, 6.45) is 2.29. The Morgan fingerprint density at radius 3 is 2.63 bits per heavy atom. The Labute approximate surface area is 202 Å². The summed E-state index contributed by atoms with van der Waals surface area (Å²) < 4.78 is 0. The summed E-state index contributed by atoms with van der Waals surface area (Å²) in [5.41, 5.74) is 3.89. The van der Waals surface area contributed by atoms with Gasteiger partial charge in [-0.2, -0.15) is 0 Å². The third-order valence-corrected chi connectivity index (χ3v) is 6.58. The van der Waals surface area contributed by atoms with Crippen LogP contribution in [0.4, 0.5) is 0 Å². The molecule has 2 heterocycles. The van der Waals surface area contributed by atoms with Gasteiger partial charge in [-0.1, -0.05) is 38.1 Å². The van der Waals surface area contributed by atoms with Crippen molar-refractivity contribution in [1.82, 2.24) is 20.5 Å². The van der Waals surface area contributed by atoms with E-state index in [1.165, 1.54) is 16.1 Å². The lowest BCUT2D eigenvalue weighted by Crippen LogP contribution is -2.48. The van der Waals surface area contributed by atoms with Crippen LogP contribution in [0.2, 0.25) is 0 Å². The van der Waals surface area contributed by atoms with E-state index in [0.29, 0.717) is 18.5 Å². The van der Waals surface area contributed by atoms with Crippen molar-refractivity contribution in [3.63, 3.8) is 0 Å². The number of halogens is 1. The quantitative estimate of drug-likeness (QED) is 0.297. The van der Waals surface area contributed by atoms with E-state index in [4.69, 9.17) is 9.98 Å². The summed E-state index contributed by atoms with van der Waals surface area (Å²) in [5.74, 6) is 1.39. The second-order valence-corrected chi connectivity index (χ2v) is 9.04. The topological polar surface area (TPSA) is 52.6 Å². The Morgan fingerprint density at radius 2 is 2.00 bits per heavy atom. The average molecular weight is 542 g/mol. The van der Waals surface area contributed by atoms with E-state index in [1.807, 2.05) is 0 Å². The monoisotopic (exact) mass is 541 g/mol. The molecule has 1 aliphatic heterocycles. The van der Waals surface area contributed by atoms with Gasteiger partial charge in [0.05, 0.1) is 17.2 Å². The van der Waals surface area contributed by atoms with Crippen molar-refractivity contribution in [3.05, 3.63) is 51.5 Å². The van der Waals surface area contributed by atoms with Gasteiger partial charge >= 0.3 is 0 Å². The Hall–Kier alpha value is -1.19. The molecular weight excluding hydrogens is 505 g/mol. The van der Waals surface area contributed by atoms with Crippen LogP contribution in [0.15, 0.2) is 34.6 Å². The maximum atomic E-state index is 4.77. The zero-order valence-corrected chi connectivity index (χ0v) is 21.8. The summed E-state index contributed by atoms with van der Waals surface area (Å²) in [4.78, 5) is 12.0. The Bertz CT molecular complexity index is 796. The number of hydrogen-bond donors (Lipinski definition) is 2. The van der Waals surface area contributed by atoms with Gasteiger partial charge in [-0.3, -0.25) is 4.90 Å². The van der Waals surface area contributed by atoms with Gasteiger partial charge in [0, 0.05) is 43.5 Å². The zero-order chi connectivity index (χ0) is 20.6. The maximum Gasteiger partial charge on any atom is 0.191 e. The molecule has 30 heavy (non-hydrogen) atoms. The average Bonchev–Trinajstić information content (AvgIpc) is 3.19. The highest BCUT2D eigenvalue weighted by Gasteiger charge is 2.20. The largest absolute Gasteiger partial charge is 0.357 e. The number of aromatic nitrogens is 1. The van der Waals surface area contributed by atoms with Crippen LogP contribution in [0.5, 0.6) is 0 Å². The molecular formula is C23H36IN5S. The lowest BCUT2D eigenvalue weighted by molar-refractivity contribution is 0.198. The molecule has 5 nitrogen and oxygen atoms in total. The molecule has 2 aromatic rings. The lowest BCUT2D eigenvalue weighted by atomic mass is 10.0. The molecule has 1 saturated heterocycles. The molecule has 1 fully saturated rings. The SMILES string of the molecule is CCNC(=NCc1csc(C(C)C)n1)NC1CCN(Cc2ccccc2C)CC1.I. The molecule has 0 atom stereocenters. The van der Waals surface area contributed by atoms with Gasteiger partial charge in [-0.05, 0) is 37.8 Å². The molecule has 0 radical (unpaired) electrons. The van der Waals surface area contributed by atoms with Crippen LogP contribution in [0, 0.1) is 6.92 Å². The zero-order valence-electron chi connectivity index (χ0n) is 18.6. The van der Waals surface area contributed by atoms with Crippen LogP contribution >= 0.6 is 35.3 Å². The normalized spacial score (nSPS) is 15.8. The first-order valence-electron chi connectivity index (χ1n) is 10.8. The van der Waals surface area contributed by atoms with Gasteiger partial charge < -0.3 is 10.6 Å². The van der Waals surface area contributed by atoms with Crippen molar-refractivity contribution in [2.75, 3.05) is 19.6 Å². The molecule has 0 unspecified atom stereocenters. The minimum Gasteiger partial charge on any atom is -0.357 e. The Morgan fingerprint density at radius 1 is 1.27 bits per heavy atom. The molecule has 1 aliphatic rings. The van der Waals surface area contributed by atoms with E-state index in [-0.39, 0.29) is 24.0 Å². The van der Waals surface area contributed by atoms with Crippen LogP contribution in [0.3, 0.4) is 0 Å².